The Labute approximate surface area is 145 Å². The van der Waals surface area contributed by atoms with Gasteiger partial charge in [0.1, 0.15) is 0 Å². The molecule has 24 heavy (non-hydrogen) atoms. The van der Waals surface area contributed by atoms with Crippen LogP contribution in [0.2, 0.25) is 5.02 Å². The number of hydrogen-bond donors (Lipinski definition) is 0. The molecule has 0 N–H and O–H groups in total. The van der Waals surface area contributed by atoms with E-state index in [2.05, 4.69) is 10.1 Å². The number of hydrogen-bond acceptors (Lipinski definition) is 5. The molecule has 1 atom stereocenters. The molecular formula is C17H20ClN3O3. The molecule has 1 aliphatic heterocycles. The molecule has 1 aromatic heterocycles. The minimum Gasteiger partial charge on any atom is -0.384 e. The molecule has 6 nitrogen and oxygen atoms in total. The molecular weight excluding hydrogens is 330 g/mol. The number of piperidine rings is 1. The fourth-order valence-corrected chi connectivity index (χ4v) is 3.09. The number of benzene rings is 1. The minimum atomic E-state index is 0.0747. The standard InChI is InChI=1S/C17H20ClN3O3/c1-23-9-7-15(22)21-8-3-5-13(11-21)17-19-16(20-24-17)12-4-2-6-14(18)10-12/h2,4,6,10,13H,3,5,7-9,11H2,1H3. The fourth-order valence-electron chi connectivity index (χ4n) is 2.90. The van der Waals surface area contributed by atoms with Gasteiger partial charge in [-0.15, -0.1) is 0 Å². The Bertz CT molecular complexity index is 704. The number of carbonyl (C=O) groups is 1. The number of nitrogens with zero attached hydrogens (tertiary/aromatic N) is 3. The Balaban J connectivity index is 1.69. The van der Waals surface area contributed by atoms with Gasteiger partial charge in [0.05, 0.1) is 18.9 Å². The van der Waals surface area contributed by atoms with E-state index in [-0.39, 0.29) is 11.8 Å². The molecule has 1 unspecified atom stereocenters. The van der Waals surface area contributed by atoms with Gasteiger partial charge in [0.15, 0.2) is 0 Å². The monoisotopic (exact) mass is 349 g/mol. The Morgan fingerprint density at radius 2 is 2.38 bits per heavy atom. The highest BCUT2D eigenvalue weighted by molar-refractivity contribution is 6.30. The summed E-state index contributed by atoms with van der Waals surface area (Å²) in [6, 6.07) is 7.35. The Kier molecular flexibility index (Phi) is 5.48. The van der Waals surface area contributed by atoms with Gasteiger partial charge in [-0.25, -0.2) is 0 Å². The molecule has 1 fully saturated rings. The van der Waals surface area contributed by atoms with Crippen molar-refractivity contribution < 1.29 is 14.1 Å². The number of halogens is 1. The van der Waals surface area contributed by atoms with Crippen molar-refractivity contribution in [3.63, 3.8) is 0 Å². The van der Waals surface area contributed by atoms with Crippen LogP contribution in [0.3, 0.4) is 0 Å². The summed E-state index contributed by atoms with van der Waals surface area (Å²) in [6.07, 6.45) is 2.27. The predicted molar refractivity (Wildman–Crippen MR) is 89.8 cm³/mol. The van der Waals surface area contributed by atoms with Crippen molar-refractivity contribution in [2.45, 2.75) is 25.2 Å². The van der Waals surface area contributed by atoms with Gasteiger partial charge < -0.3 is 14.2 Å². The first-order valence-electron chi connectivity index (χ1n) is 8.03. The lowest BCUT2D eigenvalue weighted by atomic mass is 9.97. The van der Waals surface area contributed by atoms with Crippen LogP contribution in [0.15, 0.2) is 28.8 Å². The summed E-state index contributed by atoms with van der Waals surface area (Å²) < 4.78 is 10.4. The molecule has 1 saturated heterocycles. The molecule has 0 bridgehead atoms. The third-order valence-corrected chi connectivity index (χ3v) is 4.40. The second kappa shape index (κ2) is 7.77. The zero-order valence-corrected chi connectivity index (χ0v) is 14.3. The number of methoxy groups -OCH3 is 1. The fraction of sp³-hybridized carbons (Fsp3) is 0.471. The van der Waals surface area contributed by atoms with E-state index < -0.39 is 0 Å². The highest BCUT2D eigenvalue weighted by Gasteiger charge is 2.28. The van der Waals surface area contributed by atoms with Gasteiger partial charge in [0.25, 0.3) is 0 Å². The largest absolute Gasteiger partial charge is 0.384 e. The molecule has 0 spiro atoms. The first-order valence-corrected chi connectivity index (χ1v) is 8.41. The summed E-state index contributed by atoms with van der Waals surface area (Å²) in [5.41, 5.74) is 0.821. The second-order valence-corrected chi connectivity index (χ2v) is 6.32. The lowest BCUT2D eigenvalue weighted by Crippen LogP contribution is -2.39. The molecule has 3 rings (SSSR count). The van der Waals surface area contributed by atoms with E-state index in [1.807, 2.05) is 17.0 Å². The van der Waals surface area contributed by atoms with Gasteiger partial charge in [-0.05, 0) is 25.0 Å². The lowest BCUT2D eigenvalue weighted by molar-refractivity contribution is -0.133. The highest BCUT2D eigenvalue weighted by atomic mass is 35.5. The topological polar surface area (TPSA) is 68.5 Å². The van der Waals surface area contributed by atoms with Crippen molar-refractivity contribution in [1.82, 2.24) is 15.0 Å². The average Bonchev–Trinajstić information content (AvgIpc) is 3.10. The van der Waals surface area contributed by atoms with Crippen molar-refractivity contribution in [2.75, 3.05) is 26.8 Å². The Morgan fingerprint density at radius 3 is 3.17 bits per heavy atom. The number of amides is 1. The SMILES string of the molecule is COCCC(=O)N1CCCC(c2nc(-c3cccc(Cl)c3)no2)C1. The van der Waals surface area contributed by atoms with E-state index >= 15 is 0 Å². The third kappa shape index (κ3) is 3.94. The minimum absolute atomic E-state index is 0.0747. The summed E-state index contributed by atoms with van der Waals surface area (Å²) in [7, 11) is 1.60. The van der Waals surface area contributed by atoms with E-state index in [0.29, 0.717) is 36.3 Å². The first-order chi connectivity index (χ1) is 11.7. The summed E-state index contributed by atoms with van der Waals surface area (Å²) >= 11 is 6.01. The lowest BCUT2D eigenvalue weighted by Gasteiger charge is -2.31. The van der Waals surface area contributed by atoms with Crippen LogP contribution in [0.5, 0.6) is 0 Å². The maximum absolute atomic E-state index is 12.2. The number of rotatable bonds is 5. The molecule has 2 heterocycles. The Morgan fingerprint density at radius 1 is 1.50 bits per heavy atom. The number of likely N-dealkylation sites (tertiary alicyclic amines) is 1. The van der Waals surface area contributed by atoms with Crippen molar-refractivity contribution in [3.8, 4) is 11.4 Å². The molecule has 1 aliphatic rings. The maximum Gasteiger partial charge on any atom is 0.231 e. The van der Waals surface area contributed by atoms with Crippen LogP contribution < -0.4 is 0 Å². The predicted octanol–water partition coefficient (Wildman–Crippen LogP) is 3.13. The van der Waals surface area contributed by atoms with Crippen LogP contribution >= 0.6 is 11.6 Å². The number of ether oxygens (including phenoxy) is 1. The zero-order valence-electron chi connectivity index (χ0n) is 13.6. The molecule has 0 saturated carbocycles. The Hall–Kier alpha value is -1.92. The van der Waals surface area contributed by atoms with Gasteiger partial charge in [0.2, 0.25) is 17.6 Å². The quantitative estimate of drug-likeness (QED) is 0.829. The van der Waals surface area contributed by atoms with Crippen LogP contribution in [0.1, 0.15) is 31.1 Å². The highest BCUT2D eigenvalue weighted by Crippen LogP contribution is 2.28. The summed E-state index contributed by atoms with van der Waals surface area (Å²) in [5, 5.41) is 4.68. The van der Waals surface area contributed by atoms with Crippen LogP contribution in [0, 0.1) is 0 Å². The first kappa shape index (κ1) is 16.9. The van der Waals surface area contributed by atoms with Crippen LogP contribution in [0.25, 0.3) is 11.4 Å². The summed E-state index contributed by atoms with van der Waals surface area (Å²) in [6.45, 7) is 1.83. The second-order valence-electron chi connectivity index (χ2n) is 5.89. The van der Waals surface area contributed by atoms with Crippen LogP contribution in [-0.4, -0.2) is 47.8 Å². The van der Waals surface area contributed by atoms with E-state index in [1.165, 1.54) is 0 Å². The molecule has 128 valence electrons. The van der Waals surface area contributed by atoms with E-state index in [1.54, 1.807) is 19.2 Å². The van der Waals surface area contributed by atoms with Gasteiger partial charge in [0, 0.05) is 30.8 Å². The molecule has 2 aromatic rings. The van der Waals surface area contributed by atoms with Crippen LogP contribution in [-0.2, 0) is 9.53 Å². The number of aromatic nitrogens is 2. The van der Waals surface area contributed by atoms with Crippen molar-refractivity contribution in [2.24, 2.45) is 0 Å². The van der Waals surface area contributed by atoms with Gasteiger partial charge in [-0.1, -0.05) is 28.9 Å². The summed E-state index contributed by atoms with van der Waals surface area (Å²) in [5.74, 6) is 1.28. The zero-order chi connectivity index (χ0) is 16.9. The van der Waals surface area contributed by atoms with Crippen molar-refractivity contribution in [3.05, 3.63) is 35.2 Å². The maximum atomic E-state index is 12.2. The molecule has 0 aliphatic carbocycles. The summed E-state index contributed by atoms with van der Waals surface area (Å²) in [4.78, 5) is 18.5. The molecule has 0 radical (unpaired) electrons. The third-order valence-electron chi connectivity index (χ3n) is 4.17. The van der Waals surface area contributed by atoms with E-state index in [4.69, 9.17) is 20.9 Å². The van der Waals surface area contributed by atoms with Gasteiger partial charge in [-0.3, -0.25) is 4.79 Å². The number of carbonyl (C=O) groups excluding carboxylic acids is 1. The molecule has 7 heteroatoms. The van der Waals surface area contributed by atoms with Crippen LogP contribution in [0.4, 0.5) is 0 Å². The van der Waals surface area contributed by atoms with Crippen molar-refractivity contribution >= 4 is 17.5 Å². The van der Waals surface area contributed by atoms with Gasteiger partial charge >= 0.3 is 0 Å². The van der Waals surface area contributed by atoms with Crippen molar-refractivity contribution in [1.29, 1.82) is 0 Å². The molecule has 1 aromatic carbocycles. The smallest absolute Gasteiger partial charge is 0.231 e. The van der Waals surface area contributed by atoms with E-state index in [9.17, 15) is 4.79 Å². The van der Waals surface area contributed by atoms with Gasteiger partial charge in [-0.2, -0.15) is 4.98 Å². The average molecular weight is 350 g/mol. The molecule has 1 amide bonds. The van der Waals surface area contributed by atoms with E-state index in [0.717, 1.165) is 24.9 Å². The normalized spacial score (nSPS) is 17.9.